The van der Waals surface area contributed by atoms with Crippen LogP contribution >= 0.6 is 12.4 Å². The molecule has 0 radical (unpaired) electrons. The number of carbonyl (C=O) groups is 1. The van der Waals surface area contributed by atoms with Crippen molar-refractivity contribution >= 4 is 18.3 Å². The molecule has 1 aromatic rings. The minimum absolute atomic E-state index is 0. The van der Waals surface area contributed by atoms with Crippen LogP contribution in [0.1, 0.15) is 37.0 Å². The van der Waals surface area contributed by atoms with E-state index >= 15 is 0 Å². The van der Waals surface area contributed by atoms with Crippen LogP contribution in [-0.2, 0) is 0 Å². The Morgan fingerprint density at radius 1 is 1.20 bits per heavy atom. The quantitative estimate of drug-likeness (QED) is 0.878. The lowest BCUT2D eigenvalue weighted by Crippen LogP contribution is -2.49. The molecule has 0 aliphatic heterocycles. The largest absolute Gasteiger partial charge is 0.350 e. The van der Waals surface area contributed by atoms with Crippen LogP contribution in [0.5, 0.6) is 0 Å². The first-order valence-corrected chi connectivity index (χ1v) is 6.04. The highest BCUT2D eigenvalue weighted by atomic mass is 35.5. The van der Waals surface area contributed by atoms with E-state index in [1.54, 1.807) is 0 Å². The molecule has 0 atom stereocenters. The van der Waals surface area contributed by atoms with Gasteiger partial charge in [0.2, 0.25) is 0 Å². The highest BCUT2D eigenvalue weighted by Gasteiger charge is 2.24. The van der Waals surface area contributed by atoms with Crippen LogP contribution in [0.4, 0.5) is 13.2 Å². The van der Waals surface area contributed by atoms with Gasteiger partial charge in [-0.15, -0.1) is 12.4 Å². The molecule has 0 unspecified atom stereocenters. The fourth-order valence-electron chi connectivity index (χ4n) is 1.60. The summed E-state index contributed by atoms with van der Waals surface area (Å²) in [5, 5.41) is 2.38. The van der Waals surface area contributed by atoms with E-state index in [9.17, 15) is 18.0 Å². The standard InChI is InChI=1S/C13H17F3N2O.ClH/c1-3-13(17,4-2)7-18-12(19)11-9(15)5-8(14)6-10(11)16;/h5-6H,3-4,7,17H2,1-2H3,(H,18,19);1H. The molecule has 0 heterocycles. The maximum Gasteiger partial charge on any atom is 0.257 e. The van der Waals surface area contributed by atoms with E-state index in [0.29, 0.717) is 25.0 Å². The Morgan fingerprint density at radius 3 is 2.05 bits per heavy atom. The van der Waals surface area contributed by atoms with Gasteiger partial charge in [0.1, 0.15) is 23.0 Å². The van der Waals surface area contributed by atoms with Gasteiger partial charge in [0.25, 0.3) is 5.91 Å². The summed E-state index contributed by atoms with van der Waals surface area (Å²) >= 11 is 0. The SMILES string of the molecule is CCC(N)(CC)CNC(=O)c1c(F)cc(F)cc1F.Cl. The van der Waals surface area contributed by atoms with Crippen molar-refractivity contribution < 1.29 is 18.0 Å². The Hall–Kier alpha value is -1.27. The van der Waals surface area contributed by atoms with E-state index < -0.39 is 34.5 Å². The second-order valence-electron chi connectivity index (χ2n) is 4.50. The highest BCUT2D eigenvalue weighted by molar-refractivity contribution is 5.94. The number of benzene rings is 1. The summed E-state index contributed by atoms with van der Waals surface area (Å²) in [4.78, 5) is 11.7. The van der Waals surface area contributed by atoms with Gasteiger partial charge in [-0.2, -0.15) is 0 Å². The molecule has 0 spiro atoms. The lowest BCUT2D eigenvalue weighted by Gasteiger charge is -2.26. The van der Waals surface area contributed by atoms with Gasteiger partial charge in [0, 0.05) is 24.2 Å². The molecule has 0 saturated carbocycles. The first-order chi connectivity index (χ1) is 8.83. The maximum atomic E-state index is 13.4. The van der Waals surface area contributed by atoms with E-state index in [0.717, 1.165) is 0 Å². The molecule has 114 valence electrons. The molecule has 1 rings (SSSR count). The molecule has 0 aliphatic carbocycles. The minimum atomic E-state index is -1.23. The molecule has 0 bridgehead atoms. The number of hydrogen-bond acceptors (Lipinski definition) is 2. The molecule has 1 aromatic carbocycles. The summed E-state index contributed by atoms with van der Waals surface area (Å²) < 4.78 is 39.5. The van der Waals surface area contributed by atoms with Gasteiger partial charge in [-0.1, -0.05) is 13.8 Å². The number of halogens is 4. The van der Waals surface area contributed by atoms with Crippen molar-refractivity contribution in [2.75, 3.05) is 6.54 Å². The predicted molar refractivity (Wildman–Crippen MR) is 73.4 cm³/mol. The Labute approximate surface area is 122 Å². The fraction of sp³-hybridized carbons (Fsp3) is 0.462. The first kappa shape index (κ1) is 18.7. The molecule has 3 nitrogen and oxygen atoms in total. The molecule has 20 heavy (non-hydrogen) atoms. The van der Waals surface area contributed by atoms with Gasteiger partial charge in [-0.25, -0.2) is 13.2 Å². The van der Waals surface area contributed by atoms with Crippen LogP contribution in [0.15, 0.2) is 12.1 Å². The minimum Gasteiger partial charge on any atom is -0.350 e. The van der Waals surface area contributed by atoms with Gasteiger partial charge in [0.05, 0.1) is 0 Å². The monoisotopic (exact) mass is 310 g/mol. The second-order valence-corrected chi connectivity index (χ2v) is 4.50. The number of rotatable bonds is 5. The topological polar surface area (TPSA) is 55.1 Å². The van der Waals surface area contributed by atoms with Gasteiger partial charge >= 0.3 is 0 Å². The van der Waals surface area contributed by atoms with Crippen LogP contribution in [0, 0.1) is 17.5 Å². The zero-order valence-electron chi connectivity index (χ0n) is 11.3. The van der Waals surface area contributed by atoms with Gasteiger partial charge in [-0.3, -0.25) is 4.79 Å². The van der Waals surface area contributed by atoms with Crippen LogP contribution in [0.25, 0.3) is 0 Å². The Morgan fingerprint density at radius 2 is 1.65 bits per heavy atom. The molecule has 0 saturated heterocycles. The average molecular weight is 311 g/mol. The lowest BCUT2D eigenvalue weighted by molar-refractivity contribution is 0.0933. The van der Waals surface area contributed by atoms with E-state index in [2.05, 4.69) is 5.32 Å². The van der Waals surface area contributed by atoms with E-state index in [1.165, 1.54) is 0 Å². The average Bonchev–Trinajstić information content (AvgIpc) is 2.34. The van der Waals surface area contributed by atoms with Crippen molar-refractivity contribution in [1.29, 1.82) is 0 Å². The molecular formula is C13H18ClF3N2O. The third-order valence-electron chi connectivity index (χ3n) is 3.24. The van der Waals surface area contributed by atoms with Crippen molar-refractivity contribution in [2.45, 2.75) is 32.2 Å². The molecule has 0 aliphatic rings. The van der Waals surface area contributed by atoms with Crippen molar-refractivity contribution in [3.63, 3.8) is 0 Å². The maximum absolute atomic E-state index is 13.4. The molecule has 1 amide bonds. The molecule has 7 heteroatoms. The van der Waals surface area contributed by atoms with E-state index in [4.69, 9.17) is 5.73 Å². The van der Waals surface area contributed by atoms with Crippen LogP contribution in [-0.4, -0.2) is 18.0 Å². The number of nitrogens with one attached hydrogen (secondary N) is 1. The summed E-state index contributed by atoms with van der Waals surface area (Å²) in [5.41, 5.74) is 4.54. The normalized spacial score (nSPS) is 10.9. The van der Waals surface area contributed by atoms with Crippen LogP contribution in [0.2, 0.25) is 0 Å². The Bertz CT molecular complexity index is 456. The van der Waals surface area contributed by atoms with Gasteiger partial charge < -0.3 is 11.1 Å². The summed E-state index contributed by atoms with van der Waals surface area (Å²) in [6, 6.07) is 0.931. The van der Waals surface area contributed by atoms with E-state index in [-0.39, 0.29) is 19.0 Å². The molecular weight excluding hydrogens is 293 g/mol. The van der Waals surface area contributed by atoms with E-state index in [1.807, 2.05) is 13.8 Å². The Balaban J connectivity index is 0.00000361. The molecule has 0 fully saturated rings. The summed E-state index contributed by atoms with van der Waals surface area (Å²) in [5.74, 6) is -4.47. The second kappa shape index (κ2) is 7.50. The van der Waals surface area contributed by atoms with Crippen molar-refractivity contribution in [2.24, 2.45) is 5.73 Å². The number of nitrogens with two attached hydrogens (primary N) is 1. The summed E-state index contributed by atoms with van der Waals surface area (Å²) in [6.07, 6.45) is 1.22. The zero-order valence-corrected chi connectivity index (χ0v) is 12.1. The first-order valence-electron chi connectivity index (χ1n) is 6.04. The summed E-state index contributed by atoms with van der Waals surface area (Å²) in [6.45, 7) is 3.80. The van der Waals surface area contributed by atoms with Crippen LogP contribution in [0.3, 0.4) is 0 Å². The summed E-state index contributed by atoms with van der Waals surface area (Å²) in [7, 11) is 0. The van der Waals surface area contributed by atoms with Gasteiger partial charge in [-0.05, 0) is 12.8 Å². The number of carbonyl (C=O) groups excluding carboxylic acids is 1. The third kappa shape index (κ3) is 4.38. The zero-order chi connectivity index (χ0) is 14.6. The Kier molecular flexibility index (Phi) is 7.02. The number of hydrogen-bond donors (Lipinski definition) is 2. The smallest absolute Gasteiger partial charge is 0.257 e. The molecule has 3 N–H and O–H groups in total. The molecule has 0 aromatic heterocycles. The van der Waals surface area contributed by atoms with Gasteiger partial charge in [0.15, 0.2) is 0 Å². The highest BCUT2D eigenvalue weighted by Crippen LogP contribution is 2.15. The fourth-order valence-corrected chi connectivity index (χ4v) is 1.60. The van der Waals surface area contributed by atoms with Crippen molar-refractivity contribution in [3.05, 3.63) is 35.1 Å². The lowest BCUT2D eigenvalue weighted by atomic mass is 9.94. The van der Waals surface area contributed by atoms with Crippen molar-refractivity contribution in [3.8, 4) is 0 Å². The third-order valence-corrected chi connectivity index (χ3v) is 3.24. The van der Waals surface area contributed by atoms with Crippen LogP contribution < -0.4 is 11.1 Å². The predicted octanol–water partition coefficient (Wildman–Crippen LogP) is 2.77. The van der Waals surface area contributed by atoms with Crippen molar-refractivity contribution in [1.82, 2.24) is 5.32 Å². The number of amides is 1.